The van der Waals surface area contributed by atoms with Crippen LogP contribution in [0.15, 0.2) is 42.6 Å². The molecule has 1 atom stereocenters. The number of aromatic nitrogens is 1. The third-order valence-corrected chi connectivity index (χ3v) is 7.69. The minimum Gasteiger partial charge on any atom is -0.368 e. The largest absolute Gasteiger partial charge is 0.368 e. The summed E-state index contributed by atoms with van der Waals surface area (Å²) in [6, 6.07) is 12.2. The third-order valence-electron chi connectivity index (χ3n) is 7.45. The predicted molar refractivity (Wildman–Crippen MR) is 136 cm³/mol. The van der Waals surface area contributed by atoms with Crippen molar-refractivity contribution in [3.05, 3.63) is 64.3 Å². The van der Waals surface area contributed by atoms with Crippen molar-refractivity contribution in [1.29, 1.82) is 0 Å². The van der Waals surface area contributed by atoms with Gasteiger partial charge in [-0.3, -0.25) is 9.59 Å². The van der Waals surface area contributed by atoms with Gasteiger partial charge in [-0.25, -0.2) is 0 Å². The molecule has 0 bridgehead atoms. The second kappa shape index (κ2) is 9.34. The van der Waals surface area contributed by atoms with E-state index in [1.165, 1.54) is 16.8 Å². The second-order valence-electron chi connectivity index (χ2n) is 9.53. The highest BCUT2D eigenvalue weighted by Gasteiger charge is 2.37. The molecule has 2 saturated heterocycles. The Bertz CT molecular complexity index is 1230. The van der Waals surface area contributed by atoms with Crippen molar-refractivity contribution in [2.24, 2.45) is 5.92 Å². The first-order chi connectivity index (χ1) is 16.4. The van der Waals surface area contributed by atoms with Crippen molar-refractivity contribution in [1.82, 2.24) is 14.8 Å². The minimum atomic E-state index is -0.239. The van der Waals surface area contributed by atoms with Gasteiger partial charge in [0, 0.05) is 73.5 Å². The van der Waals surface area contributed by atoms with Crippen LogP contribution in [-0.4, -0.2) is 65.9 Å². The summed E-state index contributed by atoms with van der Waals surface area (Å²) in [7, 11) is 0. The van der Waals surface area contributed by atoms with Crippen LogP contribution in [0.4, 0.5) is 5.69 Å². The van der Waals surface area contributed by atoms with Crippen molar-refractivity contribution in [2.45, 2.75) is 26.7 Å². The Balaban J connectivity index is 1.16. The SMILES string of the molecule is Cc1cccc(N2CCN(C(=O)C3CC(=O)N(CCc4c[nH]c5ccc(Cl)cc45)C3)CC2)c1C. The normalized spacial score (nSPS) is 18.9. The summed E-state index contributed by atoms with van der Waals surface area (Å²) in [5, 5.41) is 1.79. The highest BCUT2D eigenvalue weighted by Crippen LogP contribution is 2.27. The maximum Gasteiger partial charge on any atom is 0.228 e. The summed E-state index contributed by atoms with van der Waals surface area (Å²) in [4.78, 5) is 35.3. The fraction of sp³-hybridized carbons (Fsp3) is 0.407. The number of likely N-dealkylation sites (tertiary alicyclic amines) is 1. The standard InChI is InChI=1S/C27H31ClN4O2/c1-18-4-3-5-25(19(18)2)30-10-12-31(13-11-30)27(34)21-14-26(33)32(17-21)9-8-20-16-29-24-7-6-22(28)15-23(20)24/h3-7,15-16,21,29H,8-14,17H2,1-2H3. The highest BCUT2D eigenvalue weighted by molar-refractivity contribution is 6.31. The number of hydrogen-bond donors (Lipinski definition) is 1. The number of piperazine rings is 1. The molecule has 1 unspecified atom stereocenters. The predicted octanol–water partition coefficient (Wildman–Crippen LogP) is 4.18. The van der Waals surface area contributed by atoms with Gasteiger partial charge in [-0.1, -0.05) is 23.7 Å². The van der Waals surface area contributed by atoms with E-state index in [9.17, 15) is 9.59 Å². The first kappa shape index (κ1) is 22.8. The zero-order valence-corrected chi connectivity index (χ0v) is 20.6. The maximum atomic E-state index is 13.2. The van der Waals surface area contributed by atoms with Crippen molar-refractivity contribution >= 4 is 40.0 Å². The number of rotatable bonds is 5. The van der Waals surface area contributed by atoms with Crippen LogP contribution in [0.5, 0.6) is 0 Å². The monoisotopic (exact) mass is 478 g/mol. The fourth-order valence-corrected chi connectivity index (χ4v) is 5.44. The molecule has 1 N–H and O–H groups in total. The molecule has 2 fully saturated rings. The van der Waals surface area contributed by atoms with E-state index in [-0.39, 0.29) is 17.7 Å². The van der Waals surface area contributed by atoms with Crippen molar-refractivity contribution in [2.75, 3.05) is 44.2 Å². The van der Waals surface area contributed by atoms with E-state index in [1.807, 2.05) is 34.2 Å². The summed E-state index contributed by atoms with van der Waals surface area (Å²) in [5.74, 6) is -0.0437. The molecule has 1 aromatic heterocycles. The molecular formula is C27H31ClN4O2. The molecule has 2 aliphatic heterocycles. The summed E-state index contributed by atoms with van der Waals surface area (Å²) >= 11 is 6.16. The molecule has 3 aromatic rings. The zero-order valence-electron chi connectivity index (χ0n) is 19.8. The Hall–Kier alpha value is -2.99. The molecule has 6 nitrogen and oxygen atoms in total. The lowest BCUT2D eigenvalue weighted by atomic mass is 10.1. The summed E-state index contributed by atoms with van der Waals surface area (Å²) in [5.41, 5.74) is 6.03. The zero-order chi connectivity index (χ0) is 23.8. The molecule has 0 radical (unpaired) electrons. The van der Waals surface area contributed by atoms with Gasteiger partial charge in [-0.15, -0.1) is 0 Å². The molecule has 5 rings (SSSR count). The van der Waals surface area contributed by atoms with Gasteiger partial charge in [0.05, 0.1) is 5.92 Å². The van der Waals surface area contributed by atoms with Crippen LogP contribution in [0.1, 0.15) is 23.1 Å². The number of H-pyrrole nitrogens is 1. The molecular weight excluding hydrogens is 448 g/mol. The molecule has 2 amide bonds. The van der Waals surface area contributed by atoms with Crippen LogP contribution in [0.3, 0.4) is 0 Å². The quantitative estimate of drug-likeness (QED) is 0.598. The Morgan fingerprint density at radius 1 is 1.12 bits per heavy atom. The molecule has 2 aromatic carbocycles. The van der Waals surface area contributed by atoms with Crippen molar-refractivity contribution < 1.29 is 9.59 Å². The van der Waals surface area contributed by atoms with Gasteiger partial charge in [0.15, 0.2) is 0 Å². The number of carbonyl (C=O) groups is 2. The van der Waals surface area contributed by atoms with Crippen molar-refractivity contribution in [3.8, 4) is 0 Å². The van der Waals surface area contributed by atoms with Crippen LogP contribution in [-0.2, 0) is 16.0 Å². The summed E-state index contributed by atoms with van der Waals surface area (Å²) < 4.78 is 0. The van der Waals surface area contributed by atoms with E-state index in [4.69, 9.17) is 11.6 Å². The topological polar surface area (TPSA) is 59.7 Å². The average Bonchev–Trinajstić information content (AvgIpc) is 3.41. The van der Waals surface area contributed by atoms with Crippen LogP contribution in [0.2, 0.25) is 5.02 Å². The number of nitrogens with one attached hydrogen (secondary N) is 1. The van der Waals surface area contributed by atoms with Crippen LogP contribution in [0, 0.1) is 19.8 Å². The lowest BCUT2D eigenvalue weighted by molar-refractivity contribution is -0.136. The van der Waals surface area contributed by atoms with E-state index in [0.29, 0.717) is 37.6 Å². The van der Waals surface area contributed by atoms with E-state index in [2.05, 4.69) is 41.9 Å². The van der Waals surface area contributed by atoms with Gasteiger partial charge in [-0.2, -0.15) is 0 Å². The molecule has 7 heteroatoms. The van der Waals surface area contributed by atoms with Gasteiger partial charge in [-0.05, 0) is 61.2 Å². The highest BCUT2D eigenvalue weighted by atomic mass is 35.5. The number of hydrogen-bond acceptors (Lipinski definition) is 3. The number of halogens is 1. The second-order valence-corrected chi connectivity index (χ2v) is 9.96. The van der Waals surface area contributed by atoms with Crippen molar-refractivity contribution in [3.63, 3.8) is 0 Å². The van der Waals surface area contributed by atoms with E-state index >= 15 is 0 Å². The van der Waals surface area contributed by atoms with Gasteiger partial charge < -0.3 is 19.7 Å². The molecule has 0 spiro atoms. The number of fused-ring (bicyclic) bond motifs is 1. The molecule has 0 aliphatic carbocycles. The van der Waals surface area contributed by atoms with Crippen LogP contribution < -0.4 is 4.90 Å². The number of nitrogens with zero attached hydrogens (tertiary/aromatic N) is 3. The Morgan fingerprint density at radius 3 is 2.71 bits per heavy atom. The number of benzene rings is 2. The number of anilines is 1. The molecule has 178 valence electrons. The van der Waals surface area contributed by atoms with Gasteiger partial charge in [0.2, 0.25) is 11.8 Å². The van der Waals surface area contributed by atoms with Gasteiger partial charge in [0.25, 0.3) is 0 Å². The molecule has 34 heavy (non-hydrogen) atoms. The van der Waals surface area contributed by atoms with Crippen LogP contribution >= 0.6 is 11.6 Å². The average molecular weight is 479 g/mol. The fourth-order valence-electron chi connectivity index (χ4n) is 5.27. The molecule has 0 saturated carbocycles. The third kappa shape index (κ3) is 4.39. The van der Waals surface area contributed by atoms with Gasteiger partial charge >= 0.3 is 0 Å². The number of aryl methyl sites for hydroxylation is 1. The molecule has 3 heterocycles. The summed E-state index contributed by atoms with van der Waals surface area (Å²) in [6.45, 7) is 8.47. The lowest BCUT2D eigenvalue weighted by Crippen LogP contribution is -2.51. The minimum absolute atomic E-state index is 0.0743. The number of carbonyl (C=O) groups excluding carboxylic acids is 2. The molecule has 2 aliphatic rings. The Kier molecular flexibility index (Phi) is 6.26. The van der Waals surface area contributed by atoms with E-state index < -0.39 is 0 Å². The smallest absolute Gasteiger partial charge is 0.228 e. The number of amides is 2. The number of aromatic amines is 1. The maximum absolute atomic E-state index is 13.2. The Morgan fingerprint density at radius 2 is 1.91 bits per heavy atom. The first-order valence-electron chi connectivity index (χ1n) is 12.0. The van der Waals surface area contributed by atoms with Crippen LogP contribution in [0.25, 0.3) is 10.9 Å². The van der Waals surface area contributed by atoms with E-state index in [1.54, 1.807) is 0 Å². The Labute approximate surface area is 205 Å². The summed E-state index contributed by atoms with van der Waals surface area (Å²) in [6.07, 6.45) is 3.04. The lowest BCUT2D eigenvalue weighted by Gasteiger charge is -2.38. The van der Waals surface area contributed by atoms with Gasteiger partial charge in [0.1, 0.15) is 0 Å². The first-order valence-corrected chi connectivity index (χ1v) is 12.4. The van der Waals surface area contributed by atoms with E-state index in [0.717, 1.165) is 36.0 Å².